The maximum Gasteiger partial charge on any atom is 0.335 e. The molecule has 0 aliphatic rings. The summed E-state index contributed by atoms with van der Waals surface area (Å²) in [5.41, 5.74) is 3.41. The molecular weight excluding hydrogens is 369 g/mol. The second-order valence-electron chi connectivity index (χ2n) is 4.44. The van der Waals surface area contributed by atoms with E-state index in [0.717, 1.165) is 14.7 Å². The van der Waals surface area contributed by atoms with Crippen molar-refractivity contribution in [3.63, 3.8) is 0 Å². The van der Waals surface area contributed by atoms with Crippen molar-refractivity contribution >= 4 is 39.7 Å². The van der Waals surface area contributed by atoms with Gasteiger partial charge in [0.25, 0.3) is 0 Å². The molecule has 4 nitrogen and oxygen atoms in total. The van der Waals surface area contributed by atoms with Crippen molar-refractivity contribution in [3.8, 4) is 11.5 Å². The largest absolute Gasteiger partial charge is 0.478 e. The van der Waals surface area contributed by atoms with E-state index in [1.807, 2.05) is 25.1 Å². The summed E-state index contributed by atoms with van der Waals surface area (Å²) in [5.74, 6) is -0.461. The lowest BCUT2D eigenvalue weighted by Crippen LogP contribution is -1.94. The molecule has 3 aromatic rings. The summed E-state index contributed by atoms with van der Waals surface area (Å²) in [4.78, 5) is 15.4. The maximum atomic E-state index is 11.0. The van der Waals surface area contributed by atoms with Crippen LogP contribution in [0.5, 0.6) is 0 Å². The van der Waals surface area contributed by atoms with Crippen molar-refractivity contribution < 1.29 is 14.3 Å². The fourth-order valence-corrected chi connectivity index (χ4v) is 2.58. The second-order valence-corrected chi connectivity index (χ2v) is 5.52. The van der Waals surface area contributed by atoms with E-state index in [4.69, 9.17) is 9.52 Å². The number of nitrogens with zero attached hydrogens (tertiary/aromatic N) is 1. The van der Waals surface area contributed by atoms with Crippen molar-refractivity contribution in [3.05, 3.63) is 51.1 Å². The van der Waals surface area contributed by atoms with Crippen LogP contribution < -0.4 is 0 Å². The van der Waals surface area contributed by atoms with E-state index in [0.29, 0.717) is 17.0 Å². The van der Waals surface area contributed by atoms with Crippen LogP contribution >= 0.6 is 22.6 Å². The Bertz CT molecular complexity index is 823. The number of oxazole rings is 1. The van der Waals surface area contributed by atoms with Gasteiger partial charge in [0.2, 0.25) is 5.89 Å². The van der Waals surface area contributed by atoms with E-state index >= 15 is 0 Å². The smallest absolute Gasteiger partial charge is 0.335 e. The van der Waals surface area contributed by atoms with Crippen molar-refractivity contribution in [2.45, 2.75) is 6.92 Å². The van der Waals surface area contributed by atoms with Crippen LogP contribution in [-0.4, -0.2) is 16.1 Å². The Morgan fingerprint density at radius 1 is 1.30 bits per heavy atom. The van der Waals surface area contributed by atoms with Gasteiger partial charge in [0.15, 0.2) is 5.58 Å². The van der Waals surface area contributed by atoms with Gasteiger partial charge in [0.05, 0.1) is 11.1 Å². The molecule has 2 aromatic carbocycles. The third kappa shape index (κ3) is 2.18. The highest BCUT2D eigenvalue weighted by Crippen LogP contribution is 2.29. The number of halogens is 1. The number of benzene rings is 2. The Labute approximate surface area is 128 Å². The van der Waals surface area contributed by atoms with E-state index in [2.05, 4.69) is 27.6 Å². The number of carboxylic acid groups (broad SMARTS) is 1. The standard InChI is InChI=1S/C15H10INO3/c1-8-3-2-4-10(13(8)16)14-17-11-7-9(15(18)19)5-6-12(11)20-14/h2-7H,1H3,(H,18,19). The van der Waals surface area contributed by atoms with Gasteiger partial charge in [-0.25, -0.2) is 9.78 Å². The second kappa shape index (κ2) is 4.90. The third-order valence-electron chi connectivity index (χ3n) is 3.06. The number of aromatic nitrogens is 1. The average molecular weight is 379 g/mol. The zero-order chi connectivity index (χ0) is 14.3. The number of aromatic carboxylic acids is 1. The number of rotatable bonds is 2. The molecule has 0 spiro atoms. The summed E-state index contributed by atoms with van der Waals surface area (Å²) in [5, 5.41) is 8.99. The number of hydrogen-bond acceptors (Lipinski definition) is 3. The van der Waals surface area contributed by atoms with Gasteiger partial charge in [-0.1, -0.05) is 12.1 Å². The Balaban J connectivity index is 2.18. The molecule has 0 aliphatic heterocycles. The number of carboxylic acids is 1. The molecule has 0 unspecified atom stereocenters. The molecule has 0 fully saturated rings. The van der Waals surface area contributed by atoms with Crippen LogP contribution in [-0.2, 0) is 0 Å². The third-order valence-corrected chi connectivity index (χ3v) is 4.49. The fourth-order valence-electron chi connectivity index (χ4n) is 1.99. The van der Waals surface area contributed by atoms with Gasteiger partial charge in [-0.2, -0.15) is 0 Å². The van der Waals surface area contributed by atoms with Crippen molar-refractivity contribution in [2.75, 3.05) is 0 Å². The molecule has 5 heteroatoms. The summed E-state index contributed by atoms with van der Waals surface area (Å²) in [7, 11) is 0. The molecule has 100 valence electrons. The Kier molecular flexibility index (Phi) is 3.21. The summed E-state index contributed by atoms with van der Waals surface area (Å²) in [6.45, 7) is 2.02. The summed E-state index contributed by atoms with van der Waals surface area (Å²) >= 11 is 2.26. The van der Waals surface area contributed by atoms with Crippen molar-refractivity contribution in [1.82, 2.24) is 4.98 Å². The molecule has 0 aliphatic carbocycles. The molecule has 1 N–H and O–H groups in total. The number of aryl methyl sites for hydroxylation is 1. The number of carbonyl (C=O) groups is 1. The Morgan fingerprint density at radius 2 is 2.10 bits per heavy atom. The highest BCUT2D eigenvalue weighted by Gasteiger charge is 2.13. The molecular formula is C15H10INO3. The zero-order valence-corrected chi connectivity index (χ0v) is 12.7. The normalized spacial score (nSPS) is 10.9. The van der Waals surface area contributed by atoms with Crippen LogP contribution in [0, 0.1) is 10.5 Å². The molecule has 1 heterocycles. The monoisotopic (exact) mass is 379 g/mol. The first kappa shape index (κ1) is 13.1. The van der Waals surface area contributed by atoms with Gasteiger partial charge in [-0.15, -0.1) is 0 Å². The van der Waals surface area contributed by atoms with Crippen LogP contribution in [0.2, 0.25) is 0 Å². The van der Waals surface area contributed by atoms with Gasteiger partial charge in [-0.05, 0) is 59.3 Å². The first-order valence-electron chi connectivity index (χ1n) is 5.95. The van der Waals surface area contributed by atoms with Crippen LogP contribution in [0.1, 0.15) is 15.9 Å². The quantitative estimate of drug-likeness (QED) is 0.681. The Morgan fingerprint density at radius 3 is 2.85 bits per heavy atom. The molecule has 3 rings (SSSR count). The highest BCUT2D eigenvalue weighted by molar-refractivity contribution is 14.1. The Hall–Kier alpha value is -1.89. The van der Waals surface area contributed by atoms with Crippen LogP contribution in [0.25, 0.3) is 22.6 Å². The van der Waals surface area contributed by atoms with Gasteiger partial charge < -0.3 is 9.52 Å². The lowest BCUT2D eigenvalue weighted by atomic mass is 10.1. The first-order chi connectivity index (χ1) is 9.56. The van der Waals surface area contributed by atoms with Crippen LogP contribution in [0.15, 0.2) is 40.8 Å². The number of hydrogen-bond donors (Lipinski definition) is 1. The van der Waals surface area contributed by atoms with Crippen molar-refractivity contribution in [1.29, 1.82) is 0 Å². The predicted molar refractivity (Wildman–Crippen MR) is 83.9 cm³/mol. The lowest BCUT2D eigenvalue weighted by Gasteiger charge is -2.02. The predicted octanol–water partition coefficient (Wildman–Crippen LogP) is 4.11. The van der Waals surface area contributed by atoms with Crippen LogP contribution in [0.4, 0.5) is 0 Å². The first-order valence-corrected chi connectivity index (χ1v) is 7.03. The maximum absolute atomic E-state index is 11.0. The van der Waals surface area contributed by atoms with E-state index in [-0.39, 0.29) is 5.56 Å². The molecule has 0 amide bonds. The molecule has 20 heavy (non-hydrogen) atoms. The minimum absolute atomic E-state index is 0.205. The summed E-state index contributed by atoms with van der Waals surface area (Å²) in [6, 6.07) is 10.6. The van der Waals surface area contributed by atoms with E-state index in [9.17, 15) is 4.79 Å². The zero-order valence-electron chi connectivity index (χ0n) is 10.6. The van der Waals surface area contributed by atoms with E-state index in [1.165, 1.54) is 12.1 Å². The summed E-state index contributed by atoms with van der Waals surface area (Å²) < 4.78 is 6.79. The molecule has 0 atom stereocenters. The summed E-state index contributed by atoms with van der Waals surface area (Å²) in [6.07, 6.45) is 0. The molecule has 0 saturated heterocycles. The lowest BCUT2D eigenvalue weighted by molar-refractivity contribution is 0.0697. The highest BCUT2D eigenvalue weighted by atomic mass is 127. The van der Waals surface area contributed by atoms with Gasteiger partial charge >= 0.3 is 5.97 Å². The molecule has 0 radical (unpaired) electrons. The molecule has 0 saturated carbocycles. The van der Waals surface area contributed by atoms with E-state index in [1.54, 1.807) is 6.07 Å². The minimum Gasteiger partial charge on any atom is -0.478 e. The topological polar surface area (TPSA) is 63.3 Å². The van der Waals surface area contributed by atoms with E-state index < -0.39 is 5.97 Å². The molecule has 0 bridgehead atoms. The molecule has 1 aromatic heterocycles. The van der Waals surface area contributed by atoms with Gasteiger partial charge in [-0.3, -0.25) is 0 Å². The van der Waals surface area contributed by atoms with Crippen molar-refractivity contribution in [2.24, 2.45) is 0 Å². The fraction of sp³-hybridized carbons (Fsp3) is 0.0667. The van der Waals surface area contributed by atoms with Crippen LogP contribution in [0.3, 0.4) is 0 Å². The van der Waals surface area contributed by atoms with Gasteiger partial charge in [0.1, 0.15) is 5.52 Å². The van der Waals surface area contributed by atoms with Gasteiger partial charge in [0, 0.05) is 3.57 Å². The number of fused-ring (bicyclic) bond motifs is 1. The SMILES string of the molecule is Cc1cccc(-c2nc3cc(C(=O)O)ccc3o2)c1I. The minimum atomic E-state index is -0.971. The average Bonchev–Trinajstić information content (AvgIpc) is 2.84.